The highest BCUT2D eigenvalue weighted by atomic mass is 32.2. The highest BCUT2D eigenvalue weighted by Gasteiger charge is 2.16. The van der Waals surface area contributed by atoms with Crippen LogP contribution >= 0.6 is 0 Å². The minimum Gasteiger partial charge on any atom is -0.346 e. The van der Waals surface area contributed by atoms with Crippen molar-refractivity contribution >= 4 is 21.6 Å². The van der Waals surface area contributed by atoms with Crippen molar-refractivity contribution < 1.29 is 13.2 Å². The van der Waals surface area contributed by atoms with E-state index in [1.165, 1.54) is 17.7 Å². The molecule has 3 aromatic rings. The lowest BCUT2D eigenvalue weighted by Crippen LogP contribution is -2.26. The van der Waals surface area contributed by atoms with Crippen molar-refractivity contribution in [2.75, 3.05) is 4.72 Å². The van der Waals surface area contributed by atoms with Crippen molar-refractivity contribution in [3.63, 3.8) is 0 Å². The summed E-state index contributed by atoms with van der Waals surface area (Å²) in [7, 11) is -3.67. The lowest BCUT2D eigenvalue weighted by molar-refractivity contribution is 0.0940. The monoisotopic (exact) mass is 436 g/mol. The summed E-state index contributed by atoms with van der Waals surface area (Å²) in [5, 5.41) is 2.99. The minimum atomic E-state index is -3.67. The number of amides is 1. The fraction of sp³-hybridized carbons (Fsp3) is 0.240. The number of hydrogen-bond donors (Lipinski definition) is 2. The van der Waals surface area contributed by atoms with E-state index in [-0.39, 0.29) is 22.3 Å². The first-order valence-corrected chi connectivity index (χ1v) is 11.6. The Morgan fingerprint density at radius 1 is 0.839 bits per heavy atom. The summed E-state index contributed by atoms with van der Waals surface area (Å²) in [6, 6.07) is 22.6. The number of nitrogens with one attached hydrogen (secondary N) is 2. The van der Waals surface area contributed by atoms with Gasteiger partial charge in [-0.05, 0) is 59.9 Å². The lowest BCUT2D eigenvalue weighted by Gasteiger charge is -2.20. The van der Waals surface area contributed by atoms with Gasteiger partial charge in [-0.2, -0.15) is 0 Å². The van der Waals surface area contributed by atoms with Crippen molar-refractivity contribution in [2.24, 2.45) is 0 Å². The van der Waals surface area contributed by atoms with E-state index in [4.69, 9.17) is 0 Å². The molecule has 1 atom stereocenters. The molecule has 0 heterocycles. The van der Waals surface area contributed by atoms with Crippen LogP contribution < -0.4 is 10.0 Å². The molecule has 1 amide bonds. The third-order valence-corrected chi connectivity index (χ3v) is 6.47. The molecular weight excluding hydrogens is 408 g/mol. The molecule has 2 N–H and O–H groups in total. The Labute approximate surface area is 184 Å². The molecule has 5 nitrogen and oxygen atoms in total. The summed E-state index contributed by atoms with van der Waals surface area (Å²) in [5.74, 6) is -0.218. The molecule has 3 aromatic carbocycles. The Balaban J connectivity index is 1.65. The molecule has 0 aromatic heterocycles. The summed E-state index contributed by atoms with van der Waals surface area (Å²) in [4.78, 5) is 12.8. The van der Waals surface area contributed by atoms with Crippen molar-refractivity contribution in [3.05, 3.63) is 95.6 Å². The molecule has 0 fully saturated rings. The van der Waals surface area contributed by atoms with Gasteiger partial charge >= 0.3 is 0 Å². The van der Waals surface area contributed by atoms with Gasteiger partial charge in [0.15, 0.2) is 0 Å². The molecule has 0 saturated carbocycles. The topological polar surface area (TPSA) is 75.3 Å². The van der Waals surface area contributed by atoms with Crippen molar-refractivity contribution in [3.8, 4) is 0 Å². The molecule has 162 valence electrons. The van der Waals surface area contributed by atoms with Gasteiger partial charge in [0.1, 0.15) is 0 Å². The fourth-order valence-electron chi connectivity index (χ4n) is 3.14. The predicted molar refractivity (Wildman–Crippen MR) is 125 cm³/mol. The van der Waals surface area contributed by atoms with Gasteiger partial charge in [0.25, 0.3) is 15.9 Å². The minimum absolute atomic E-state index is 0.0782. The van der Waals surface area contributed by atoms with E-state index < -0.39 is 10.0 Å². The van der Waals surface area contributed by atoms with Crippen LogP contribution in [0, 0.1) is 0 Å². The first-order chi connectivity index (χ1) is 14.6. The van der Waals surface area contributed by atoms with Gasteiger partial charge in [-0.25, -0.2) is 8.42 Å². The second-order valence-corrected chi connectivity index (χ2v) is 10.2. The van der Waals surface area contributed by atoms with Gasteiger partial charge in [-0.3, -0.25) is 9.52 Å². The number of rotatable bonds is 6. The molecule has 0 aliphatic rings. The number of carbonyl (C=O) groups excluding carboxylic acids is 1. The van der Waals surface area contributed by atoms with Gasteiger partial charge in [0, 0.05) is 11.3 Å². The fourth-order valence-corrected chi connectivity index (χ4v) is 4.22. The Kier molecular flexibility index (Phi) is 6.51. The maximum Gasteiger partial charge on any atom is 0.261 e. The number of anilines is 1. The van der Waals surface area contributed by atoms with Gasteiger partial charge in [0.05, 0.1) is 10.9 Å². The Hall–Kier alpha value is -3.12. The van der Waals surface area contributed by atoms with Crippen LogP contribution in [0.4, 0.5) is 5.69 Å². The molecule has 0 aliphatic heterocycles. The molecule has 6 heteroatoms. The molecule has 0 spiro atoms. The highest BCUT2D eigenvalue weighted by Crippen LogP contribution is 2.24. The normalized spacial score (nSPS) is 12.8. The summed E-state index contributed by atoms with van der Waals surface area (Å²) in [6.45, 7) is 8.43. The van der Waals surface area contributed by atoms with E-state index in [9.17, 15) is 13.2 Å². The van der Waals surface area contributed by atoms with Gasteiger partial charge in [-0.15, -0.1) is 0 Å². The summed E-state index contributed by atoms with van der Waals surface area (Å²) in [5.41, 5.74) is 3.19. The molecule has 0 radical (unpaired) electrons. The van der Waals surface area contributed by atoms with Crippen molar-refractivity contribution in [1.82, 2.24) is 5.32 Å². The molecule has 0 aliphatic carbocycles. The van der Waals surface area contributed by atoms with Crippen molar-refractivity contribution in [2.45, 2.75) is 44.0 Å². The largest absolute Gasteiger partial charge is 0.346 e. The van der Waals surface area contributed by atoms with E-state index in [1.54, 1.807) is 42.5 Å². The van der Waals surface area contributed by atoms with E-state index in [0.29, 0.717) is 11.3 Å². The van der Waals surface area contributed by atoms with Crippen LogP contribution in [0.5, 0.6) is 0 Å². The maximum atomic E-state index is 12.6. The Morgan fingerprint density at radius 2 is 1.42 bits per heavy atom. The first-order valence-electron chi connectivity index (χ1n) is 10.2. The summed E-state index contributed by atoms with van der Waals surface area (Å²) < 4.78 is 27.4. The predicted octanol–water partition coefficient (Wildman–Crippen LogP) is 5.28. The van der Waals surface area contributed by atoms with Gasteiger partial charge in [-0.1, -0.05) is 63.2 Å². The van der Waals surface area contributed by atoms with E-state index in [2.05, 4.69) is 42.9 Å². The Bertz CT molecular complexity index is 1130. The van der Waals surface area contributed by atoms with Crippen LogP contribution in [-0.2, 0) is 15.4 Å². The highest BCUT2D eigenvalue weighted by molar-refractivity contribution is 7.92. The third-order valence-electron chi connectivity index (χ3n) is 5.08. The quantitative estimate of drug-likeness (QED) is 0.552. The van der Waals surface area contributed by atoms with Crippen LogP contribution in [0.2, 0.25) is 0 Å². The molecular formula is C25H28N2O3S. The SMILES string of the molecule is C[C@H](NC(=O)c1ccc(NS(=O)(=O)c2ccccc2)cc1)c1ccc(C(C)(C)C)cc1. The molecule has 0 bridgehead atoms. The summed E-state index contributed by atoms with van der Waals surface area (Å²) in [6.07, 6.45) is 0. The zero-order valence-electron chi connectivity index (χ0n) is 18.2. The number of benzene rings is 3. The van der Waals surface area contributed by atoms with Crippen molar-refractivity contribution in [1.29, 1.82) is 0 Å². The molecule has 0 saturated heterocycles. The number of hydrogen-bond acceptors (Lipinski definition) is 3. The smallest absolute Gasteiger partial charge is 0.261 e. The summed E-state index contributed by atoms with van der Waals surface area (Å²) >= 11 is 0. The van der Waals surface area contributed by atoms with E-state index in [0.717, 1.165) is 5.56 Å². The van der Waals surface area contributed by atoms with Gasteiger partial charge < -0.3 is 5.32 Å². The van der Waals surface area contributed by atoms with E-state index in [1.807, 2.05) is 19.1 Å². The van der Waals surface area contributed by atoms with Crippen LogP contribution in [0.15, 0.2) is 83.8 Å². The molecule has 3 rings (SSSR count). The number of carbonyl (C=O) groups is 1. The van der Waals surface area contributed by atoms with Crippen LogP contribution in [-0.4, -0.2) is 14.3 Å². The second kappa shape index (κ2) is 8.94. The average molecular weight is 437 g/mol. The third kappa shape index (κ3) is 5.73. The Morgan fingerprint density at radius 3 is 1.97 bits per heavy atom. The van der Waals surface area contributed by atoms with E-state index >= 15 is 0 Å². The zero-order valence-corrected chi connectivity index (χ0v) is 19.0. The molecule has 0 unspecified atom stereocenters. The number of sulfonamides is 1. The van der Waals surface area contributed by atoms with Crippen LogP contribution in [0.3, 0.4) is 0 Å². The second-order valence-electron chi connectivity index (χ2n) is 8.56. The lowest BCUT2D eigenvalue weighted by atomic mass is 9.86. The first kappa shape index (κ1) is 22.6. The zero-order chi connectivity index (χ0) is 22.6. The van der Waals surface area contributed by atoms with Gasteiger partial charge in [0.2, 0.25) is 0 Å². The molecule has 31 heavy (non-hydrogen) atoms. The average Bonchev–Trinajstić information content (AvgIpc) is 2.74. The van der Waals surface area contributed by atoms with Crippen LogP contribution in [0.1, 0.15) is 55.2 Å². The van der Waals surface area contributed by atoms with Crippen LogP contribution in [0.25, 0.3) is 0 Å². The standard InChI is InChI=1S/C25H28N2O3S/c1-18(19-10-14-21(15-11-19)25(2,3)4)26-24(28)20-12-16-22(17-13-20)27-31(29,30)23-8-6-5-7-9-23/h5-18,27H,1-4H3,(H,26,28)/t18-/m0/s1. The maximum absolute atomic E-state index is 12.6.